The molecule has 0 fully saturated rings. The molecular formula is C27H24ClN5O2. The van der Waals surface area contributed by atoms with Crippen LogP contribution in [0.15, 0.2) is 82.2 Å². The molecule has 1 heterocycles. The largest absolute Gasteiger partial charge is 0.416 e. The van der Waals surface area contributed by atoms with Crippen LogP contribution in [0, 0.1) is 11.3 Å². The van der Waals surface area contributed by atoms with Crippen molar-refractivity contribution in [1.29, 1.82) is 5.26 Å². The third-order valence-corrected chi connectivity index (χ3v) is 5.31. The van der Waals surface area contributed by atoms with E-state index < -0.39 is 0 Å². The number of halogens is 1. The Morgan fingerprint density at radius 1 is 1.00 bits per heavy atom. The summed E-state index contributed by atoms with van der Waals surface area (Å²) in [6.45, 7) is 6.57. The first-order chi connectivity index (χ1) is 16.9. The van der Waals surface area contributed by atoms with Gasteiger partial charge in [-0.3, -0.25) is 9.79 Å². The van der Waals surface area contributed by atoms with Crippen molar-refractivity contribution in [2.75, 3.05) is 18.5 Å². The molecule has 0 aliphatic rings. The lowest BCUT2D eigenvalue weighted by atomic mass is 10.1. The standard InChI is InChI=1S/C18H18N4O.C9H6ClNO/c1-4-22(3)16-11-7-14(8-12-16)18-21-20-17(23-18)13-5-9-15(19-2)10-6-13;10-9(12)5-7-1-3-8(6-11)4-2-7/h5-12H,2,4H2,1,3H3;1-4H,5H2. The molecular weight excluding hydrogens is 462 g/mol. The monoisotopic (exact) mass is 485 g/mol. The Morgan fingerprint density at radius 2 is 1.54 bits per heavy atom. The number of nitrogens with zero attached hydrogens (tertiary/aromatic N) is 5. The van der Waals surface area contributed by atoms with Crippen molar-refractivity contribution < 1.29 is 9.21 Å². The molecule has 35 heavy (non-hydrogen) atoms. The van der Waals surface area contributed by atoms with Crippen LogP contribution < -0.4 is 4.90 Å². The molecule has 0 unspecified atom stereocenters. The lowest BCUT2D eigenvalue weighted by Crippen LogP contribution is -2.15. The molecule has 0 bridgehead atoms. The van der Waals surface area contributed by atoms with Gasteiger partial charge in [-0.2, -0.15) is 5.26 Å². The number of aromatic nitrogens is 2. The highest BCUT2D eigenvalue weighted by molar-refractivity contribution is 6.63. The van der Waals surface area contributed by atoms with E-state index in [-0.39, 0.29) is 11.7 Å². The molecule has 176 valence electrons. The number of hydrogen-bond donors (Lipinski definition) is 0. The maximum Gasteiger partial charge on any atom is 0.248 e. The van der Waals surface area contributed by atoms with Crippen molar-refractivity contribution in [3.05, 3.63) is 83.9 Å². The quantitative estimate of drug-likeness (QED) is 0.233. The minimum Gasteiger partial charge on any atom is -0.416 e. The van der Waals surface area contributed by atoms with Crippen LogP contribution in [0.1, 0.15) is 18.1 Å². The van der Waals surface area contributed by atoms with Gasteiger partial charge in [-0.05, 0) is 91.5 Å². The summed E-state index contributed by atoms with van der Waals surface area (Å²) in [6, 6.07) is 24.3. The van der Waals surface area contributed by atoms with Gasteiger partial charge in [0.1, 0.15) is 0 Å². The number of rotatable bonds is 7. The average Bonchev–Trinajstić information content (AvgIpc) is 3.39. The molecule has 1 aromatic heterocycles. The lowest BCUT2D eigenvalue weighted by molar-refractivity contribution is -0.111. The molecule has 0 amide bonds. The van der Waals surface area contributed by atoms with Gasteiger partial charge in [0.2, 0.25) is 17.0 Å². The number of carbonyl (C=O) groups excluding carboxylic acids is 1. The minimum atomic E-state index is -0.389. The first-order valence-electron chi connectivity index (χ1n) is 10.8. The van der Waals surface area contributed by atoms with Gasteiger partial charge in [0.25, 0.3) is 0 Å². The summed E-state index contributed by atoms with van der Waals surface area (Å²) in [6.07, 6.45) is 0.216. The normalized spacial score (nSPS) is 10.0. The van der Waals surface area contributed by atoms with E-state index >= 15 is 0 Å². The van der Waals surface area contributed by atoms with Crippen LogP contribution >= 0.6 is 11.6 Å². The highest BCUT2D eigenvalue weighted by Crippen LogP contribution is 2.26. The average molecular weight is 486 g/mol. The summed E-state index contributed by atoms with van der Waals surface area (Å²) in [5, 5.41) is 16.3. The molecule has 8 heteroatoms. The van der Waals surface area contributed by atoms with Gasteiger partial charge in [0.05, 0.1) is 17.3 Å². The number of benzene rings is 3. The zero-order valence-electron chi connectivity index (χ0n) is 19.5. The topological polar surface area (TPSA) is 95.4 Å². The molecule has 0 N–H and O–H groups in total. The van der Waals surface area contributed by atoms with Gasteiger partial charge in [-0.25, -0.2) is 0 Å². The van der Waals surface area contributed by atoms with E-state index in [1.165, 1.54) is 0 Å². The Hall–Kier alpha value is -4.28. The third-order valence-electron chi connectivity index (χ3n) is 5.18. The van der Waals surface area contributed by atoms with Crippen LogP contribution in [0.5, 0.6) is 0 Å². The van der Waals surface area contributed by atoms with Gasteiger partial charge in [-0.15, -0.1) is 10.2 Å². The first-order valence-corrected chi connectivity index (χ1v) is 11.2. The predicted molar refractivity (Wildman–Crippen MR) is 139 cm³/mol. The summed E-state index contributed by atoms with van der Waals surface area (Å²) < 4.78 is 5.77. The van der Waals surface area contributed by atoms with Crippen LogP contribution in [0.4, 0.5) is 11.4 Å². The molecule has 0 saturated carbocycles. The van der Waals surface area contributed by atoms with Crippen LogP contribution in [0.25, 0.3) is 22.9 Å². The fourth-order valence-electron chi connectivity index (χ4n) is 3.06. The molecule has 4 rings (SSSR count). The highest BCUT2D eigenvalue weighted by atomic mass is 35.5. The van der Waals surface area contributed by atoms with Crippen molar-refractivity contribution in [3.63, 3.8) is 0 Å². The van der Waals surface area contributed by atoms with Gasteiger partial charge in [0, 0.05) is 36.8 Å². The molecule has 4 aromatic rings. The van der Waals surface area contributed by atoms with Crippen molar-refractivity contribution in [3.8, 4) is 29.0 Å². The van der Waals surface area contributed by atoms with Gasteiger partial charge < -0.3 is 9.32 Å². The van der Waals surface area contributed by atoms with E-state index in [1.54, 1.807) is 24.3 Å². The Morgan fingerprint density at radius 3 is 2.00 bits per heavy atom. The predicted octanol–water partition coefficient (Wildman–Crippen LogP) is 6.06. The second-order valence-electron chi connectivity index (χ2n) is 7.52. The zero-order chi connectivity index (χ0) is 25.2. The number of aliphatic imine (C=N–C) groups is 1. The van der Waals surface area contributed by atoms with Crippen LogP contribution in [-0.4, -0.2) is 35.7 Å². The number of anilines is 1. The van der Waals surface area contributed by atoms with E-state index in [2.05, 4.69) is 40.8 Å². The van der Waals surface area contributed by atoms with Crippen molar-refractivity contribution in [2.45, 2.75) is 13.3 Å². The van der Waals surface area contributed by atoms with Gasteiger partial charge in [0.15, 0.2) is 0 Å². The Balaban J connectivity index is 0.000000241. The molecule has 3 aromatic carbocycles. The smallest absolute Gasteiger partial charge is 0.248 e. The van der Waals surface area contributed by atoms with Crippen molar-refractivity contribution >= 4 is 34.9 Å². The minimum absolute atomic E-state index is 0.216. The molecule has 7 nitrogen and oxygen atoms in total. The lowest BCUT2D eigenvalue weighted by Gasteiger charge is -2.16. The summed E-state index contributed by atoms with van der Waals surface area (Å²) >= 11 is 5.18. The maximum atomic E-state index is 10.5. The zero-order valence-corrected chi connectivity index (χ0v) is 20.2. The molecule has 0 saturated heterocycles. The van der Waals surface area contributed by atoms with E-state index in [1.807, 2.05) is 54.6 Å². The fourth-order valence-corrected chi connectivity index (χ4v) is 3.22. The number of carbonyl (C=O) groups is 1. The molecule has 0 atom stereocenters. The van der Waals surface area contributed by atoms with Crippen molar-refractivity contribution in [1.82, 2.24) is 10.2 Å². The fraction of sp³-hybridized carbons (Fsp3) is 0.148. The summed E-state index contributed by atoms with van der Waals surface area (Å²) in [4.78, 5) is 16.5. The summed E-state index contributed by atoms with van der Waals surface area (Å²) in [5.41, 5.74) is 5.14. The first kappa shape index (κ1) is 25.3. The van der Waals surface area contributed by atoms with Crippen LogP contribution in [0.3, 0.4) is 0 Å². The van der Waals surface area contributed by atoms with E-state index in [0.29, 0.717) is 17.3 Å². The summed E-state index contributed by atoms with van der Waals surface area (Å²) in [5.74, 6) is 1.00. The van der Waals surface area contributed by atoms with Gasteiger partial charge >= 0.3 is 0 Å². The third kappa shape index (κ3) is 7.10. The van der Waals surface area contributed by atoms with E-state index in [9.17, 15) is 4.79 Å². The number of hydrogen-bond acceptors (Lipinski definition) is 7. The second-order valence-corrected chi connectivity index (χ2v) is 7.94. The highest BCUT2D eigenvalue weighted by Gasteiger charge is 2.11. The van der Waals surface area contributed by atoms with Crippen LogP contribution in [0.2, 0.25) is 0 Å². The second kappa shape index (κ2) is 12.3. The number of nitriles is 1. The molecule has 0 aliphatic heterocycles. The SMILES string of the molecule is C=Nc1ccc(-c2nnc(-c3ccc(N(C)CC)cc3)o2)cc1.N#Cc1ccc(CC(=O)Cl)cc1. The Labute approximate surface area is 209 Å². The van der Waals surface area contributed by atoms with E-state index in [4.69, 9.17) is 21.3 Å². The molecule has 0 spiro atoms. The van der Waals surface area contributed by atoms with E-state index in [0.717, 1.165) is 34.6 Å². The Kier molecular flexibility index (Phi) is 8.88. The molecule has 0 radical (unpaired) electrons. The van der Waals surface area contributed by atoms with Crippen LogP contribution in [-0.2, 0) is 11.2 Å². The summed E-state index contributed by atoms with van der Waals surface area (Å²) in [7, 11) is 2.06. The van der Waals surface area contributed by atoms with Gasteiger partial charge in [-0.1, -0.05) is 12.1 Å². The molecule has 0 aliphatic carbocycles. The Bertz CT molecular complexity index is 1310. The maximum absolute atomic E-state index is 10.5. The van der Waals surface area contributed by atoms with Crippen molar-refractivity contribution in [2.24, 2.45) is 4.99 Å².